The average molecular weight is 587 g/mol. The molecule has 0 aliphatic carbocycles. The van der Waals surface area contributed by atoms with Crippen LogP contribution < -0.4 is 14.4 Å². The van der Waals surface area contributed by atoms with E-state index >= 15 is 0 Å². The van der Waals surface area contributed by atoms with Crippen LogP contribution in [-0.2, 0) is 26.0 Å². The lowest BCUT2D eigenvalue weighted by Gasteiger charge is -2.27. The second kappa shape index (κ2) is 12.0. The van der Waals surface area contributed by atoms with Gasteiger partial charge in [-0.2, -0.15) is 4.31 Å². The highest BCUT2D eigenvalue weighted by Gasteiger charge is 2.46. The van der Waals surface area contributed by atoms with Gasteiger partial charge in [-0.3, -0.25) is 9.59 Å². The van der Waals surface area contributed by atoms with Crippen LogP contribution in [0.25, 0.3) is 10.8 Å². The van der Waals surface area contributed by atoms with E-state index in [2.05, 4.69) is 13.8 Å². The van der Waals surface area contributed by atoms with Gasteiger partial charge in [-0.25, -0.2) is 13.3 Å². The quantitative estimate of drug-likeness (QED) is 0.227. The number of amides is 2. The summed E-state index contributed by atoms with van der Waals surface area (Å²) in [5.74, 6) is 0.358. The van der Waals surface area contributed by atoms with Gasteiger partial charge >= 0.3 is 0 Å². The van der Waals surface area contributed by atoms with E-state index in [9.17, 15) is 18.0 Å². The Hall–Kier alpha value is -4.21. The van der Waals surface area contributed by atoms with Crippen molar-refractivity contribution >= 4 is 38.3 Å². The first-order valence-electron chi connectivity index (χ1n) is 13.8. The number of ether oxygens (including phenoxy) is 2. The van der Waals surface area contributed by atoms with Crippen LogP contribution in [0, 0.1) is 0 Å². The topological polar surface area (TPSA) is 93.2 Å². The Morgan fingerprint density at radius 2 is 1.55 bits per heavy atom. The van der Waals surface area contributed by atoms with Crippen LogP contribution in [0.1, 0.15) is 37.3 Å². The predicted molar refractivity (Wildman–Crippen MR) is 163 cm³/mol. The summed E-state index contributed by atoms with van der Waals surface area (Å²) in [6.07, 6.45) is 0.0394. The van der Waals surface area contributed by atoms with Crippen LogP contribution in [0.4, 0.5) is 5.69 Å². The summed E-state index contributed by atoms with van der Waals surface area (Å²) >= 11 is 0. The molecule has 2 amide bonds. The minimum Gasteiger partial charge on any atom is -0.493 e. The van der Waals surface area contributed by atoms with Crippen molar-refractivity contribution in [2.24, 2.45) is 0 Å². The maximum atomic E-state index is 14.2. The Balaban J connectivity index is 1.51. The van der Waals surface area contributed by atoms with Gasteiger partial charge in [0, 0.05) is 6.54 Å². The number of carbonyl (C=O) groups is 2. The van der Waals surface area contributed by atoms with Gasteiger partial charge in [0.05, 0.1) is 31.2 Å². The van der Waals surface area contributed by atoms with Gasteiger partial charge in [0.1, 0.15) is 6.04 Å². The second-order valence-electron chi connectivity index (χ2n) is 10.6. The van der Waals surface area contributed by atoms with Crippen molar-refractivity contribution in [1.29, 1.82) is 0 Å². The van der Waals surface area contributed by atoms with Crippen molar-refractivity contribution in [3.63, 3.8) is 0 Å². The van der Waals surface area contributed by atoms with Crippen molar-refractivity contribution in [2.45, 2.75) is 43.5 Å². The molecular weight excluding hydrogens is 552 g/mol. The lowest BCUT2D eigenvalue weighted by atomic mass is 10.0. The molecule has 1 aliphatic heterocycles. The van der Waals surface area contributed by atoms with Gasteiger partial charge < -0.3 is 9.47 Å². The SMILES string of the molecule is COc1ccc(CCN(C2CC(=O)N(c3ccc(C(C)C)cc3)C2=O)S(=O)(=O)c2ccc3ccccc3c2)cc1OC. The smallest absolute Gasteiger partial charge is 0.252 e. The molecule has 1 unspecified atom stereocenters. The Kier molecular flexibility index (Phi) is 8.34. The van der Waals surface area contributed by atoms with Crippen LogP contribution in [-0.4, -0.2) is 51.3 Å². The first-order chi connectivity index (χ1) is 20.1. The molecule has 0 bridgehead atoms. The molecule has 1 fully saturated rings. The zero-order chi connectivity index (χ0) is 30.0. The molecular formula is C33H34N2O6S. The third-order valence-electron chi connectivity index (χ3n) is 7.68. The Labute approximate surface area is 246 Å². The van der Waals surface area contributed by atoms with Crippen molar-refractivity contribution in [3.05, 3.63) is 96.1 Å². The van der Waals surface area contributed by atoms with E-state index in [4.69, 9.17) is 9.47 Å². The lowest BCUT2D eigenvalue weighted by molar-refractivity contribution is -0.122. The summed E-state index contributed by atoms with van der Waals surface area (Å²) in [5.41, 5.74) is 2.30. The van der Waals surface area contributed by atoms with Crippen LogP contribution in [0.15, 0.2) is 89.8 Å². The van der Waals surface area contributed by atoms with Crippen LogP contribution >= 0.6 is 0 Å². The van der Waals surface area contributed by atoms with Gasteiger partial charge in [0.2, 0.25) is 15.9 Å². The Morgan fingerprint density at radius 3 is 2.21 bits per heavy atom. The third kappa shape index (κ3) is 5.62. The molecule has 5 rings (SSSR count). The summed E-state index contributed by atoms with van der Waals surface area (Å²) in [4.78, 5) is 28.2. The van der Waals surface area contributed by atoms with E-state index in [1.807, 2.05) is 42.5 Å². The van der Waals surface area contributed by atoms with Gasteiger partial charge in [0.25, 0.3) is 5.91 Å². The molecule has 1 saturated heterocycles. The number of anilines is 1. The van der Waals surface area contributed by atoms with E-state index in [1.165, 1.54) is 11.4 Å². The highest BCUT2D eigenvalue weighted by atomic mass is 32.2. The van der Waals surface area contributed by atoms with Crippen molar-refractivity contribution in [1.82, 2.24) is 4.31 Å². The zero-order valence-corrected chi connectivity index (χ0v) is 24.9. The van der Waals surface area contributed by atoms with E-state index in [0.717, 1.165) is 26.8 Å². The van der Waals surface area contributed by atoms with Crippen molar-refractivity contribution < 1.29 is 27.5 Å². The summed E-state index contributed by atoms with van der Waals surface area (Å²) in [7, 11) is -1.10. The molecule has 8 nitrogen and oxygen atoms in total. The van der Waals surface area contributed by atoms with Crippen LogP contribution in [0.3, 0.4) is 0 Å². The molecule has 42 heavy (non-hydrogen) atoms. The largest absolute Gasteiger partial charge is 0.493 e. The molecule has 1 atom stereocenters. The number of benzene rings is 4. The minimum absolute atomic E-state index is 0.0194. The fraction of sp³-hybridized carbons (Fsp3) is 0.273. The minimum atomic E-state index is -4.18. The predicted octanol–water partition coefficient (Wildman–Crippen LogP) is 5.55. The Morgan fingerprint density at radius 1 is 0.857 bits per heavy atom. The number of methoxy groups -OCH3 is 2. The highest BCUT2D eigenvalue weighted by molar-refractivity contribution is 7.89. The number of nitrogens with zero attached hydrogens (tertiary/aromatic N) is 2. The summed E-state index contributed by atoms with van der Waals surface area (Å²) in [6.45, 7) is 4.10. The molecule has 0 N–H and O–H groups in total. The second-order valence-corrected chi connectivity index (χ2v) is 12.5. The maximum Gasteiger partial charge on any atom is 0.252 e. The lowest BCUT2D eigenvalue weighted by Crippen LogP contribution is -2.46. The summed E-state index contributed by atoms with van der Waals surface area (Å²) in [5, 5.41) is 1.66. The van der Waals surface area contributed by atoms with E-state index in [-0.39, 0.29) is 30.2 Å². The number of hydrogen-bond acceptors (Lipinski definition) is 6. The van der Waals surface area contributed by atoms with Gasteiger partial charge in [0.15, 0.2) is 11.5 Å². The molecule has 0 saturated carbocycles. The van der Waals surface area contributed by atoms with Crippen molar-refractivity contribution in [3.8, 4) is 11.5 Å². The molecule has 4 aromatic carbocycles. The van der Waals surface area contributed by atoms with Crippen molar-refractivity contribution in [2.75, 3.05) is 25.7 Å². The third-order valence-corrected chi connectivity index (χ3v) is 9.59. The number of carbonyl (C=O) groups excluding carboxylic acids is 2. The number of rotatable bonds is 10. The monoisotopic (exact) mass is 586 g/mol. The number of imide groups is 1. The first kappa shape index (κ1) is 29.3. The maximum absolute atomic E-state index is 14.2. The van der Waals surface area contributed by atoms with E-state index < -0.39 is 27.9 Å². The molecule has 4 aromatic rings. The van der Waals surface area contributed by atoms with Gasteiger partial charge in [-0.1, -0.05) is 62.4 Å². The molecule has 218 valence electrons. The number of sulfonamides is 1. The summed E-state index contributed by atoms with van der Waals surface area (Å²) < 4.78 is 40.4. The van der Waals surface area contributed by atoms with Crippen LogP contribution in [0.2, 0.25) is 0 Å². The van der Waals surface area contributed by atoms with E-state index in [1.54, 1.807) is 49.6 Å². The molecule has 0 aromatic heterocycles. The molecule has 1 heterocycles. The zero-order valence-electron chi connectivity index (χ0n) is 24.1. The van der Waals surface area contributed by atoms with Gasteiger partial charge in [-0.05, 0) is 70.6 Å². The molecule has 0 spiro atoms. The average Bonchev–Trinajstić information content (AvgIpc) is 3.29. The highest BCUT2D eigenvalue weighted by Crippen LogP contribution is 2.32. The molecule has 9 heteroatoms. The first-order valence-corrected chi connectivity index (χ1v) is 15.3. The Bertz CT molecular complexity index is 1730. The summed E-state index contributed by atoms with van der Waals surface area (Å²) in [6, 6.07) is 23.8. The normalized spacial score (nSPS) is 15.7. The van der Waals surface area contributed by atoms with Crippen LogP contribution in [0.5, 0.6) is 11.5 Å². The number of fused-ring (bicyclic) bond motifs is 1. The van der Waals surface area contributed by atoms with E-state index in [0.29, 0.717) is 17.2 Å². The fourth-order valence-electron chi connectivity index (χ4n) is 5.30. The molecule has 1 aliphatic rings. The molecule has 0 radical (unpaired) electrons. The standard InChI is InChI=1S/C33H34N2O6S/c1-22(2)24-10-13-27(14-11-24)35-32(36)21-29(33(35)37)34(18-17-23-9-16-30(40-3)31(19-23)41-4)42(38,39)28-15-12-25-7-5-6-8-26(25)20-28/h5-16,19-20,22,29H,17-18,21H2,1-4H3. The van der Waals surface area contributed by atoms with Gasteiger partial charge in [-0.15, -0.1) is 0 Å². The fourth-order valence-corrected chi connectivity index (χ4v) is 6.92. The number of hydrogen-bond donors (Lipinski definition) is 0.